The average Bonchev–Trinajstić information content (AvgIpc) is 2.54. The predicted octanol–water partition coefficient (Wildman–Crippen LogP) is 0.135. The topological polar surface area (TPSA) is 50.2 Å². The van der Waals surface area contributed by atoms with Crippen LogP contribution in [0.15, 0.2) is 6.07 Å². The van der Waals surface area contributed by atoms with E-state index in [-0.39, 0.29) is 5.78 Å². The number of rotatable bonds is 4. The number of hydrogen-bond acceptors (Lipinski definition) is 4. The largest absolute Gasteiger partial charge is 0.315 e. The van der Waals surface area contributed by atoms with Gasteiger partial charge in [-0.05, 0) is 32.5 Å². The van der Waals surface area contributed by atoms with E-state index in [1.54, 1.807) is 4.68 Å². The average molecular weight is 250 g/mol. The van der Waals surface area contributed by atoms with Crippen LogP contribution in [0.3, 0.4) is 0 Å². The van der Waals surface area contributed by atoms with Crippen LogP contribution < -0.4 is 5.32 Å². The number of aryl methyl sites for hydroxylation is 2. The predicted molar refractivity (Wildman–Crippen MR) is 70.6 cm³/mol. The summed E-state index contributed by atoms with van der Waals surface area (Å²) in [5.41, 5.74) is 1.98. The van der Waals surface area contributed by atoms with Gasteiger partial charge in [0.15, 0.2) is 5.78 Å². The molecule has 1 N–H and O–H groups in total. The molecule has 0 atom stereocenters. The maximum Gasteiger partial charge on any atom is 0.152 e. The number of nitrogens with one attached hydrogen (secondary N) is 1. The van der Waals surface area contributed by atoms with Crippen LogP contribution in [0.25, 0.3) is 0 Å². The highest BCUT2D eigenvalue weighted by molar-refractivity contribution is 5.82. The molecule has 5 nitrogen and oxygen atoms in total. The van der Waals surface area contributed by atoms with Crippen LogP contribution in [0.2, 0.25) is 0 Å². The van der Waals surface area contributed by atoms with Crippen molar-refractivity contribution in [1.29, 1.82) is 0 Å². The molecule has 0 spiro atoms. The summed E-state index contributed by atoms with van der Waals surface area (Å²) >= 11 is 0. The third-order valence-electron chi connectivity index (χ3n) is 3.31. The molecule has 1 saturated heterocycles. The Balaban J connectivity index is 1.86. The molecule has 100 valence electrons. The fourth-order valence-corrected chi connectivity index (χ4v) is 2.40. The smallest absolute Gasteiger partial charge is 0.152 e. The normalized spacial score (nSPS) is 17.7. The van der Waals surface area contributed by atoms with E-state index in [0.717, 1.165) is 44.0 Å². The van der Waals surface area contributed by atoms with E-state index >= 15 is 0 Å². The summed E-state index contributed by atoms with van der Waals surface area (Å²) in [6, 6.07) is 1.99. The second kappa shape index (κ2) is 6.11. The Kier molecular flexibility index (Phi) is 4.49. The lowest BCUT2D eigenvalue weighted by Gasteiger charge is -2.18. The van der Waals surface area contributed by atoms with Gasteiger partial charge in [-0.15, -0.1) is 0 Å². The van der Waals surface area contributed by atoms with E-state index in [2.05, 4.69) is 15.3 Å². The lowest BCUT2D eigenvalue weighted by atomic mass is 10.2. The first-order valence-corrected chi connectivity index (χ1v) is 6.59. The summed E-state index contributed by atoms with van der Waals surface area (Å²) in [4.78, 5) is 14.3. The van der Waals surface area contributed by atoms with Crippen LogP contribution >= 0.6 is 0 Å². The van der Waals surface area contributed by atoms with Gasteiger partial charge < -0.3 is 5.32 Å². The monoisotopic (exact) mass is 250 g/mol. The number of hydrogen-bond donors (Lipinski definition) is 1. The van der Waals surface area contributed by atoms with Crippen LogP contribution in [0.5, 0.6) is 0 Å². The van der Waals surface area contributed by atoms with Gasteiger partial charge in [0.1, 0.15) is 0 Å². The van der Waals surface area contributed by atoms with Crippen LogP contribution in [0, 0.1) is 6.92 Å². The van der Waals surface area contributed by atoms with Gasteiger partial charge in [-0.1, -0.05) is 0 Å². The van der Waals surface area contributed by atoms with Crippen molar-refractivity contribution in [2.45, 2.75) is 19.8 Å². The van der Waals surface area contributed by atoms with Crippen molar-refractivity contribution in [2.24, 2.45) is 7.05 Å². The van der Waals surface area contributed by atoms with Crippen molar-refractivity contribution in [3.05, 3.63) is 17.5 Å². The Morgan fingerprint density at radius 1 is 1.44 bits per heavy atom. The van der Waals surface area contributed by atoms with E-state index in [1.165, 1.54) is 0 Å². The molecule has 18 heavy (non-hydrogen) atoms. The highest BCUT2D eigenvalue weighted by Gasteiger charge is 2.14. The minimum atomic E-state index is 0.278. The lowest BCUT2D eigenvalue weighted by molar-refractivity contribution is -0.119. The third-order valence-corrected chi connectivity index (χ3v) is 3.31. The number of ketones is 1. The second-order valence-electron chi connectivity index (χ2n) is 5.00. The van der Waals surface area contributed by atoms with Gasteiger partial charge in [0, 0.05) is 32.3 Å². The van der Waals surface area contributed by atoms with Gasteiger partial charge in [0.05, 0.1) is 12.2 Å². The summed E-state index contributed by atoms with van der Waals surface area (Å²) in [6.45, 7) is 6.55. The first kappa shape index (κ1) is 13.2. The molecule has 5 heteroatoms. The zero-order chi connectivity index (χ0) is 13.0. The maximum atomic E-state index is 12.1. The summed E-state index contributed by atoms with van der Waals surface area (Å²) in [6.07, 6.45) is 1.61. The molecule has 2 rings (SSSR count). The zero-order valence-corrected chi connectivity index (χ0v) is 11.3. The van der Waals surface area contributed by atoms with Crippen LogP contribution in [-0.4, -0.2) is 53.2 Å². The Morgan fingerprint density at radius 2 is 2.28 bits per heavy atom. The van der Waals surface area contributed by atoms with Crippen LogP contribution in [-0.2, 0) is 18.3 Å². The summed E-state index contributed by atoms with van der Waals surface area (Å²) in [5, 5.41) is 7.61. The molecule has 0 unspecified atom stereocenters. The lowest BCUT2D eigenvalue weighted by Crippen LogP contribution is -2.33. The molecule has 1 fully saturated rings. The number of carbonyl (C=O) groups excluding carboxylic acids is 1. The Morgan fingerprint density at radius 3 is 3.00 bits per heavy atom. The Labute approximate surface area is 108 Å². The van der Waals surface area contributed by atoms with Gasteiger partial charge in [0.2, 0.25) is 0 Å². The summed E-state index contributed by atoms with van der Waals surface area (Å²) in [5.74, 6) is 0.278. The molecular weight excluding hydrogens is 228 g/mol. The van der Waals surface area contributed by atoms with Crippen molar-refractivity contribution in [2.75, 3.05) is 32.7 Å². The molecule has 1 aromatic rings. The Bertz CT molecular complexity index is 405. The molecule has 2 heterocycles. The number of Topliss-reactive ketones (excluding diaryl/α,β-unsaturated/α-hetero) is 1. The Hall–Kier alpha value is -1.20. The third kappa shape index (κ3) is 3.65. The fraction of sp³-hybridized carbons (Fsp3) is 0.692. The van der Waals surface area contributed by atoms with Gasteiger partial charge in [0.25, 0.3) is 0 Å². The maximum absolute atomic E-state index is 12.1. The van der Waals surface area contributed by atoms with E-state index in [0.29, 0.717) is 13.0 Å². The first-order chi connectivity index (χ1) is 8.65. The van der Waals surface area contributed by atoms with E-state index in [1.807, 2.05) is 20.0 Å². The minimum absolute atomic E-state index is 0.278. The molecular formula is C13H22N4O. The number of aromatic nitrogens is 2. The van der Waals surface area contributed by atoms with Gasteiger partial charge in [-0.25, -0.2) is 0 Å². The van der Waals surface area contributed by atoms with Crippen molar-refractivity contribution in [1.82, 2.24) is 20.0 Å². The highest BCUT2D eigenvalue weighted by Crippen LogP contribution is 2.04. The standard InChI is InChI=1S/C13H22N4O/c1-11-8-12(16(2)15-11)9-13(18)10-17-6-3-4-14-5-7-17/h8,14H,3-7,9-10H2,1-2H3. The zero-order valence-electron chi connectivity index (χ0n) is 11.3. The van der Waals surface area contributed by atoms with Crippen molar-refractivity contribution in [3.63, 3.8) is 0 Å². The fourth-order valence-electron chi connectivity index (χ4n) is 2.40. The quantitative estimate of drug-likeness (QED) is 0.825. The van der Waals surface area contributed by atoms with Gasteiger partial charge >= 0.3 is 0 Å². The molecule has 1 aromatic heterocycles. The van der Waals surface area contributed by atoms with E-state index in [4.69, 9.17) is 0 Å². The van der Waals surface area contributed by atoms with Gasteiger partial charge in [-0.2, -0.15) is 5.10 Å². The summed E-state index contributed by atoms with van der Waals surface area (Å²) < 4.78 is 1.80. The molecule has 0 aliphatic carbocycles. The molecule has 1 aliphatic rings. The van der Waals surface area contributed by atoms with Crippen molar-refractivity contribution >= 4 is 5.78 Å². The molecule has 1 aliphatic heterocycles. The second-order valence-corrected chi connectivity index (χ2v) is 5.00. The number of nitrogens with zero attached hydrogens (tertiary/aromatic N) is 3. The first-order valence-electron chi connectivity index (χ1n) is 6.59. The minimum Gasteiger partial charge on any atom is -0.315 e. The van der Waals surface area contributed by atoms with Crippen LogP contribution in [0.4, 0.5) is 0 Å². The van der Waals surface area contributed by atoms with E-state index < -0.39 is 0 Å². The molecule has 0 bridgehead atoms. The molecule has 0 saturated carbocycles. The molecule has 0 amide bonds. The molecule has 0 aromatic carbocycles. The van der Waals surface area contributed by atoms with E-state index in [9.17, 15) is 4.79 Å². The van der Waals surface area contributed by atoms with Crippen molar-refractivity contribution < 1.29 is 4.79 Å². The van der Waals surface area contributed by atoms with Crippen LogP contribution in [0.1, 0.15) is 17.8 Å². The van der Waals surface area contributed by atoms with Crippen molar-refractivity contribution in [3.8, 4) is 0 Å². The van der Waals surface area contributed by atoms with Gasteiger partial charge in [-0.3, -0.25) is 14.4 Å². The highest BCUT2D eigenvalue weighted by atomic mass is 16.1. The molecule has 0 radical (unpaired) electrons. The SMILES string of the molecule is Cc1cc(CC(=O)CN2CCCNCC2)n(C)n1. The number of carbonyl (C=O) groups is 1. The summed E-state index contributed by atoms with van der Waals surface area (Å²) in [7, 11) is 1.89.